The number of hydrogen-bond donors (Lipinski definition) is 0. The molecule has 3 aromatic heterocycles. The van der Waals surface area contributed by atoms with Crippen molar-refractivity contribution >= 4 is 130 Å². The van der Waals surface area contributed by atoms with E-state index in [2.05, 4.69) is 255 Å². The van der Waals surface area contributed by atoms with E-state index in [0.717, 1.165) is 181 Å². The number of hydrogen-bond acceptors (Lipinski definition) is 2. The number of fused-ring (bicyclic) bond motifs is 18. The van der Waals surface area contributed by atoms with Crippen LogP contribution in [0.25, 0.3) is 225 Å². The number of rotatable bonds is 8. The van der Waals surface area contributed by atoms with Gasteiger partial charge >= 0.3 is 0 Å². The Kier molecular flexibility index (Phi) is 12.6. The van der Waals surface area contributed by atoms with Crippen molar-refractivity contribution in [3.8, 4) is 94.7 Å². The highest BCUT2D eigenvalue weighted by Crippen LogP contribution is 2.55. The first-order valence-corrected chi connectivity index (χ1v) is 38.7. The Labute approximate surface area is 672 Å². The zero-order valence-electron chi connectivity index (χ0n) is 72.0. The molecule has 0 spiro atoms. The fraction of sp³-hybridized carbons (Fsp3) is 0.0270. The summed E-state index contributed by atoms with van der Waals surface area (Å²) in [7, 11) is 0. The van der Waals surface area contributed by atoms with Gasteiger partial charge in [0.1, 0.15) is 22.3 Å². The molecule has 1 aliphatic carbocycles. The molecule has 0 fully saturated rings. The van der Waals surface area contributed by atoms with Gasteiger partial charge in [0.25, 0.3) is 0 Å². The van der Waals surface area contributed by atoms with Crippen LogP contribution in [0.3, 0.4) is 0 Å². The van der Waals surface area contributed by atoms with E-state index < -0.39 is 12.1 Å². The monoisotopic (exact) mass is 1460 g/mol. The quantitative estimate of drug-likeness (QED) is 0.142. The molecule has 24 rings (SSSR count). The standard InChI is InChI=1S/C57H38O.C54H33NO/c1-57(2)49-26-14-12-20-41(49)42-29-28-37(34-50(42)57)54-40(30-31-52-56(54)47-25-13-15-27-51(47)58-52)38-32-36-18-6-7-19-39(36)48(33-38)55-45-23-10-8-21-43(45)53(35-16-4-3-5-17-35)44-22-9-11-24-46(44)55;1-2-16-34(17-3-1)51-41-22-6-8-24-43(41)52(44-25-9-7-23-42(44)51)46-33-36(32-35-18-4-5-19-37(35)46)38-30-31-50-53(45-26-12-15-29-49(45)56-50)54(38)55-47-27-13-10-20-39(47)40-21-11-14-28-48(40)55/h3-34H,1-2H3;1-33H/i3D,4D,5D,16D,17D;1D,2D,3D,16D,17D. The molecule has 0 radical (unpaired) electrons. The van der Waals surface area contributed by atoms with Gasteiger partial charge in [-0.3, -0.25) is 0 Å². The SMILES string of the molecule is [2H]c1c([2H])c([2H])c(-c2c3ccccc3c(-c3cc(-c4ccc5oc6ccccc6c5c4-c4ccc5c(c4)C(C)(C)c4ccccc4-5)cc4ccccc34)c3ccccc23)c([2H])c1[2H].[2H]c1c([2H])c([2H])c(-c2c3ccccc3c(-c3cc(-c4ccc5oc6ccccc6c5c4-n4c5ccccc5c5ccccc54)cc4ccccc34)c3ccccc23)c([2H])c1[2H]. The maximum absolute atomic E-state index is 9.08. The van der Waals surface area contributed by atoms with E-state index in [-0.39, 0.29) is 64.9 Å². The van der Waals surface area contributed by atoms with Crippen molar-refractivity contribution in [2.24, 2.45) is 0 Å². The lowest BCUT2D eigenvalue weighted by Crippen LogP contribution is -2.14. The molecule has 3 nitrogen and oxygen atoms in total. The van der Waals surface area contributed by atoms with Gasteiger partial charge in [0.05, 0.1) is 35.8 Å². The van der Waals surface area contributed by atoms with Crippen molar-refractivity contribution in [3.05, 3.63) is 405 Å². The molecule has 0 bridgehead atoms. The van der Waals surface area contributed by atoms with Gasteiger partial charge in [-0.25, -0.2) is 0 Å². The fourth-order valence-electron chi connectivity index (χ4n) is 19.1. The van der Waals surface area contributed by atoms with Crippen LogP contribution in [0, 0.1) is 0 Å². The van der Waals surface area contributed by atoms with E-state index in [1.807, 2.05) is 97.1 Å². The molecule has 532 valence electrons. The highest BCUT2D eigenvalue weighted by atomic mass is 16.3. The summed E-state index contributed by atoms with van der Waals surface area (Å²) in [6.45, 7) is 4.65. The molecule has 0 aliphatic heterocycles. The third-order valence-electron chi connectivity index (χ3n) is 24.0. The van der Waals surface area contributed by atoms with E-state index in [1.54, 1.807) is 0 Å². The minimum atomic E-state index is -0.408. The van der Waals surface area contributed by atoms with Crippen molar-refractivity contribution in [2.75, 3.05) is 0 Å². The second-order valence-corrected chi connectivity index (χ2v) is 30.4. The van der Waals surface area contributed by atoms with Gasteiger partial charge in [0, 0.05) is 43.5 Å². The zero-order valence-corrected chi connectivity index (χ0v) is 62.0. The van der Waals surface area contributed by atoms with Crippen LogP contribution in [0.2, 0.25) is 0 Å². The van der Waals surface area contributed by atoms with Crippen LogP contribution in [-0.4, -0.2) is 4.57 Å². The Hall–Kier alpha value is -14.6. The third-order valence-corrected chi connectivity index (χ3v) is 24.0. The molecule has 1 aliphatic rings. The van der Waals surface area contributed by atoms with Crippen LogP contribution < -0.4 is 0 Å². The van der Waals surface area contributed by atoms with Gasteiger partial charge in [-0.1, -0.05) is 335 Å². The molecule has 20 aromatic carbocycles. The topological polar surface area (TPSA) is 31.2 Å². The summed E-state index contributed by atoms with van der Waals surface area (Å²) in [5.41, 5.74) is 23.7. The first-order valence-electron chi connectivity index (χ1n) is 43.7. The van der Waals surface area contributed by atoms with Crippen LogP contribution in [0.15, 0.2) is 403 Å². The van der Waals surface area contributed by atoms with Crippen LogP contribution in [-0.2, 0) is 5.41 Å². The van der Waals surface area contributed by atoms with Gasteiger partial charge in [-0.15, -0.1) is 0 Å². The van der Waals surface area contributed by atoms with Gasteiger partial charge in [-0.05, 0) is 226 Å². The van der Waals surface area contributed by atoms with Crippen molar-refractivity contribution in [1.29, 1.82) is 0 Å². The predicted octanol–water partition coefficient (Wildman–Crippen LogP) is 31.2. The third kappa shape index (κ3) is 9.95. The lowest BCUT2D eigenvalue weighted by molar-refractivity contribution is 0.660. The molecule has 0 unspecified atom stereocenters. The molecular weight excluding hydrogens is 1380 g/mol. The molecule has 3 heteroatoms. The number of benzene rings is 20. The lowest BCUT2D eigenvalue weighted by atomic mass is 9.80. The second kappa shape index (κ2) is 25.7. The van der Waals surface area contributed by atoms with E-state index in [1.165, 1.54) is 33.0 Å². The van der Waals surface area contributed by atoms with E-state index in [9.17, 15) is 0 Å². The molecule has 0 N–H and O–H groups in total. The highest BCUT2D eigenvalue weighted by Gasteiger charge is 2.36. The average Bonchev–Trinajstić information content (AvgIpc) is 1.10. The first-order chi connectivity index (χ1) is 60.5. The summed E-state index contributed by atoms with van der Waals surface area (Å²) < 4.78 is 103. The van der Waals surface area contributed by atoms with E-state index in [4.69, 9.17) is 22.5 Å². The number of aromatic nitrogens is 1. The Balaban J connectivity index is 0.000000143. The Morgan fingerprint density at radius 3 is 1.11 bits per heavy atom. The number of furan rings is 2. The zero-order chi connectivity index (χ0) is 84.0. The van der Waals surface area contributed by atoms with E-state index >= 15 is 0 Å². The first kappa shape index (κ1) is 55.7. The maximum Gasteiger partial charge on any atom is 0.137 e. The Bertz CT molecular complexity index is 8400. The predicted molar refractivity (Wildman–Crippen MR) is 482 cm³/mol. The summed E-state index contributed by atoms with van der Waals surface area (Å²) in [6.07, 6.45) is 0. The normalized spacial score (nSPS) is 13.8. The smallest absolute Gasteiger partial charge is 0.137 e. The van der Waals surface area contributed by atoms with Gasteiger partial charge in [-0.2, -0.15) is 0 Å². The molecule has 23 aromatic rings. The van der Waals surface area contributed by atoms with Crippen molar-refractivity contribution in [3.63, 3.8) is 0 Å². The molecule has 0 atom stereocenters. The van der Waals surface area contributed by atoms with Crippen molar-refractivity contribution in [2.45, 2.75) is 19.3 Å². The van der Waals surface area contributed by atoms with Crippen molar-refractivity contribution < 1.29 is 22.5 Å². The van der Waals surface area contributed by atoms with Gasteiger partial charge in [0.2, 0.25) is 0 Å². The average molecular weight is 1460 g/mol. The number of para-hydroxylation sites is 4. The van der Waals surface area contributed by atoms with Crippen LogP contribution in [0.5, 0.6) is 0 Å². The highest BCUT2D eigenvalue weighted by molar-refractivity contribution is 6.27. The fourth-order valence-corrected chi connectivity index (χ4v) is 19.1. The summed E-state index contributed by atoms with van der Waals surface area (Å²) >= 11 is 0. The summed E-state index contributed by atoms with van der Waals surface area (Å²) in [5, 5.41) is 17.8. The van der Waals surface area contributed by atoms with Gasteiger partial charge < -0.3 is 13.4 Å². The molecule has 0 saturated carbocycles. The molecular formula is C111H71NO2. The minimum Gasteiger partial charge on any atom is -0.456 e. The summed E-state index contributed by atoms with van der Waals surface area (Å²) in [4.78, 5) is 0. The van der Waals surface area contributed by atoms with Crippen LogP contribution in [0.1, 0.15) is 38.7 Å². The van der Waals surface area contributed by atoms with Gasteiger partial charge in [0.15, 0.2) is 0 Å². The Morgan fingerprint density at radius 2 is 0.605 bits per heavy atom. The Morgan fingerprint density at radius 1 is 0.237 bits per heavy atom. The van der Waals surface area contributed by atoms with Crippen molar-refractivity contribution in [1.82, 2.24) is 4.57 Å². The molecule has 3 heterocycles. The van der Waals surface area contributed by atoms with Crippen LogP contribution in [0.4, 0.5) is 0 Å². The van der Waals surface area contributed by atoms with E-state index in [0.29, 0.717) is 11.1 Å². The molecule has 114 heavy (non-hydrogen) atoms. The maximum atomic E-state index is 9.08. The lowest BCUT2D eigenvalue weighted by Gasteiger charge is -2.23. The number of nitrogens with zero attached hydrogens (tertiary/aromatic N) is 1. The summed E-state index contributed by atoms with van der Waals surface area (Å²) in [5.74, 6) is 0. The summed E-state index contributed by atoms with van der Waals surface area (Å²) in [6, 6.07) is 113. The van der Waals surface area contributed by atoms with Crippen LogP contribution >= 0.6 is 0 Å². The largest absolute Gasteiger partial charge is 0.456 e. The molecule has 0 saturated heterocycles. The second-order valence-electron chi connectivity index (χ2n) is 30.4. The molecule has 0 amide bonds. The minimum absolute atomic E-state index is 0.186.